The Hall–Kier alpha value is -2.82. The first-order valence-electron chi connectivity index (χ1n) is 14.4. The Kier molecular flexibility index (Phi) is 15.9. The van der Waals surface area contributed by atoms with E-state index in [1.807, 2.05) is 0 Å². The summed E-state index contributed by atoms with van der Waals surface area (Å²) in [7, 11) is 0. The number of carbonyl (C=O) groups excluding carboxylic acids is 1. The largest absolute Gasteiger partial charge is 0.507 e. The van der Waals surface area contributed by atoms with Crippen molar-refractivity contribution in [3.63, 3.8) is 0 Å². The molecular weight excluding hydrogens is 462 g/mol. The fourth-order valence-electron chi connectivity index (χ4n) is 4.12. The molecule has 0 saturated heterocycles. The van der Waals surface area contributed by atoms with Crippen molar-refractivity contribution in [1.82, 2.24) is 0 Å². The quantitative estimate of drug-likeness (QED) is 0.0837. The summed E-state index contributed by atoms with van der Waals surface area (Å²) >= 11 is 0. The van der Waals surface area contributed by atoms with Crippen LogP contribution in [0.3, 0.4) is 0 Å². The maximum absolute atomic E-state index is 12.5. The Morgan fingerprint density at radius 2 is 1.32 bits per heavy atom. The first-order valence-corrected chi connectivity index (χ1v) is 14.4. The zero-order valence-corrected chi connectivity index (χ0v) is 23.1. The van der Waals surface area contributed by atoms with E-state index in [-0.39, 0.29) is 5.75 Å². The summed E-state index contributed by atoms with van der Waals surface area (Å²) in [5.41, 5.74) is 1.05. The number of hydrogen-bond donors (Lipinski definition) is 1. The Balaban J connectivity index is 1.66. The molecule has 0 heterocycles. The molecule has 37 heavy (non-hydrogen) atoms. The minimum Gasteiger partial charge on any atom is -0.507 e. The molecule has 0 saturated carbocycles. The van der Waals surface area contributed by atoms with Gasteiger partial charge in [0.2, 0.25) is 0 Å². The summed E-state index contributed by atoms with van der Waals surface area (Å²) < 4.78 is 11.2. The van der Waals surface area contributed by atoms with Crippen LogP contribution >= 0.6 is 0 Å². The molecule has 0 aliphatic carbocycles. The molecule has 0 aliphatic rings. The van der Waals surface area contributed by atoms with E-state index in [1.165, 1.54) is 76.7 Å². The van der Waals surface area contributed by atoms with E-state index < -0.39 is 5.97 Å². The van der Waals surface area contributed by atoms with Gasteiger partial charge in [-0.3, -0.25) is 4.99 Å². The highest BCUT2D eigenvalue weighted by atomic mass is 16.5. The second kappa shape index (κ2) is 19.3. The molecule has 0 atom stereocenters. The Labute approximate surface area is 224 Å². The molecule has 0 amide bonds. The van der Waals surface area contributed by atoms with Crippen LogP contribution in [0.2, 0.25) is 0 Å². The molecule has 5 nitrogen and oxygen atoms in total. The molecule has 5 heteroatoms. The summed E-state index contributed by atoms with van der Waals surface area (Å²) in [4.78, 5) is 16.9. The van der Waals surface area contributed by atoms with Gasteiger partial charge < -0.3 is 14.6 Å². The zero-order valence-electron chi connectivity index (χ0n) is 23.1. The molecule has 1 N–H and O–H groups in total. The van der Waals surface area contributed by atoms with Crippen molar-refractivity contribution >= 4 is 12.2 Å². The molecule has 0 aromatic heterocycles. The maximum Gasteiger partial charge on any atom is 0.343 e. The number of carbonyl (C=O) groups is 1. The second-order valence-electron chi connectivity index (χ2n) is 9.76. The third kappa shape index (κ3) is 13.3. The molecule has 0 spiro atoms. The molecule has 2 rings (SSSR count). The van der Waals surface area contributed by atoms with Gasteiger partial charge in [0.1, 0.15) is 17.2 Å². The maximum atomic E-state index is 12.5. The molecule has 2 aromatic carbocycles. The van der Waals surface area contributed by atoms with E-state index in [2.05, 4.69) is 18.8 Å². The molecule has 0 bridgehead atoms. The van der Waals surface area contributed by atoms with Crippen molar-refractivity contribution in [2.45, 2.75) is 104 Å². The van der Waals surface area contributed by atoms with Crippen molar-refractivity contribution in [3.05, 3.63) is 53.6 Å². The van der Waals surface area contributed by atoms with Crippen LogP contribution in [0.4, 0.5) is 0 Å². The van der Waals surface area contributed by atoms with Gasteiger partial charge >= 0.3 is 5.97 Å². The Morgan fingerprint density at radius 3 is 1.95 bits per heavy atom. The van der Waals surface area contributed by atoms with E-state index in [0.717, 1.165) is 31.6 Å². The Bertz CT molecular complexity index is 908. The number of nitrogens with zero attached hydrogens (tertiary/aromatic N) is 1. The number of rotatable bonds is 20. The zero-order chi connectivity index (χ0) is 26.6. The van der Waals surface area contributed by atoms with Gasteiger partial charge in [0.05, 0.1) is 12.2 Å². The van der Waals surface area contributed by atoms with Gasteiger partial charge in [0.15, 0.2) is 0 Å². The van der Waals surface area contributed by atoms with Crippen LogP contribution in [0.15, 0.2) is 47.5 Å². The van der Waals surface area contributed by atoms with Gasteiger partial charge in [-0.15, -0.1) is 0 Å². The summed E-state index contributed by atoms with van der Waals surface area (Å²) in [5, 5.41) is 10.3. The predicted octanol–water partition coefficient (Wildman–Crippen LogP) is 8.91. The van der Waals surface area contributed by atoms with Gasteiger partial charge in [-0.2, -0.15) is 0 Å². The fourth-order valence-corrected chi connectivity index (χ4v) is 4.12. The van der Waals surface area contributed by atoms with E-state index in [0.29, 0.717) is 23.5 Å². The highest BCUT2D eigenvalue weighted by Gasteiger charge is 2.10. The first-order chi connectivity index (χ1) is 18.1. The van der Waals surface area contributed by atoms with Gasteiger partial charge in [0, 0.05) is 24.4 Å². The topological polar surface area (TPSA) is 68.1 Å². The molecule has 0 aliphatic heterocycles. The SMILES string of the molecule is CCCCCCCCCCCCN=Cc1ccc(OC(=O)c2ccc(OCCCCCC)cc2)cc1O. The number of aromatic hydroxyl groups is 1. The summed E-state index contributed by atoms with van der Waals surface area (Å²) in [6.45, 7) is 5.87. The number of benzene rings is 2. The molecular formula is C32H47NO4. The van der Waals surface area contributed by atoms with E-state index in [9.17, 15) is 9.90 Å². The van der Waals surface area contributed by atoms with Crippen molar-refractivity contribution in [2.24, 2.45) is 4.99 Å². The number of aliphatic imine (C=N–C) groups is 1. The first kappa shape index (κ1) is 30.4. The predicted molar refractivity (Wildman–Crippen MR) is 153 cm³/mol. The number of hydrogen-bond acceptors (Lipinski definition) is 5. The third-order valence-corrected chi connectivity index (χ3v) is 6.44. The highest BCUT2D eigenvalue weighted by molar-refractivity contribution is 5.91. The van der Waals surface area contributed by atoms with Crippen LogP contribution in [0.1, 0.15) is 120 Å². The van der Waals surface area contributed by atoms with E-state index in [4.69, 9.17) is 9.47 Å². The summed E-state index contributed by atoms with van der Waals surface area (Å²) in [6, 6.07) is 11.8. The van der Waals surface area contributed by atoms with Crippen LogP contribution in [0.25, 0.3) is 0 Å². The average Bonchev–Trinajstić information content (AvgIpc) is 2.90. The normalized spacial score (nSPS) is 11.2. The number of esters is 1. The lowest BCUT2D eigenvalue weighted by Gasteiger charge is -2.08. The van der Waals surface area contributed by atoms with Crippen LogP contribution in [-0.4, -0.2) is 30.4 Å². The number of ether oxygens (including phenoxy) is 2. The fraction of sp³-hybridized carbons (Fsp3) is 0.562. The smallest absolute Gasteiger partial charge is 0.343 e. The monoisotopic (exact) mass is 509 g/mol. The minimum absolute atomic E-state index is 0.0453. The van der Waals surface area contributed by atoms with Crippen molar-refractivity contribution < 1.29 is 19.4 Å². The number of phenolic OH excluding ortho intramolecular Hbond substituents is 1. The lowest BCUT2D eigenvalue weighted by atomic mass is 10.1. The van der Waals surface area contributed by atoms with Crippen molar-refractivity contribution in [3.8, 4) is 17.2 Å². The van der Waals surface area contributed by atoms with Crippen LogP contribution in [0, 0.1) is 0 Å². The molecule has 0 radical (unpaired) electrons. The van der Waals surface area contributed by atoms with Crippen molar-refractivity contribution in [2.75, 3.05) is 13.2 Å². The van der Waals surface area contributed by atoms with Gasteiger partial charge in [0.25, 0.3) is 0 Å². The number of unbranched alkanes of at least 4 members (excludes halogenated alkanes) is 12. The van der Waals surface area contributed by atoms with Crippen LogP contribution in [0.5, 0.6) is 17.2 Å². The summed E-state index contributed by atoms with van der Waals surface area (Å²) in [6.07, 6.45) is 19.3. The molecule has 2 aromatic rings. The molecule has 0 fully saturated rings. The third-order valence-electron chi connectivity index (χ3n) is 6.44. The minimum atomic E-state index is -0.476. The van der Waals surface area contributed by atoms with E-state index in [1.54, 1.807) is 42.6 Å². The number of phenols is 1. The van der Waals surface area contributed by atoms with Gasteiger partial charge in [-0.05, 0) is 49.2 Å². The standard InChI is InChI=1S/C32H47NO4/c1-3-5-7-9-10-11-12-13-14-15-23-33-26-28-19-22-30(25-31(28)34)37-32(35)27-17-20-29(21-18-27)36-24-16-8-6-4-2/h17-22,25-26,34H,3-16,23-24H2,1-2H3. The van der Waals surface area contributed by atoms with Crippen molar-refractivity contribution in [1.29, 1.82) is 0 Å². The lowest BCUT2D eigenvalue weighted by molar-refractivity contribution is 0.0734. The Morgan fingerprint density at radius 1 is 0.757 bits per heavy atom. The lowest BCUT2D eigenvalue weighted by Crippen LogP contribution is -2.08. The van der Waals surface area contributed by atoms with Crippen LogP contribution in [-0.2, 0) is 0 Å². The average molecular weight is 510 g/mol. The molecule has 204 valence electrons. The van der Waals surface area contributed by atoms with Gasteiger partial charge in [-0.1, -0.05) is 90.9 Å². The van der Waals surface area contributed by atoms with Gasteiger partial charge in [-0.25, -0.2) is 4.79 Å². The second-order valence-corrected chi connectivity index (χ2v) is 9.76. The summed E-state index contributed by atoms with van der Waals surface area (Å²) in [5.74, 6) is 0.609. The van der Waals surface area contributed by atoms with E-state index >= 15 is 0 Å². The highest BCUT2D eigenvalue weighted by Crippen LogP contribution is 2.24. The molecule has 0 unspecified atom stereocenters. The van der Waals surface area contributed by atoms with Crippen LogP contribution < -0.4 is 9.47 Å².